The van der Waals surface area contributed by atoms with Crippen LogP contribution in [0.1, 0.15) is 25.0 Å². The summed E-state index contributed by atoms with van der Waals surface area (Å²) in [6, 6.07) is 0. The Kier molecular flexibility index (Phi) is 2.96. The minimum absolute atomic E-state index is 0.0786. The van der Waals surface area contributed by atoms with E-state index in [0.29, 0.717) is 10.8 Å². The molecule has 79 valence electrons. The molecular formula is C9H10N3O2S. The lowest BCUT2D eigenvalue weighted by Gasteiger charge is -2.22. The number of nitrogen functional groups attached to an aromatic ring is 1. The van der Waals surface area contributed by atoms with Gasteiger partial charge in [0.1, 0.15) is 11.8 Å². The van der Waals surface area contributed by atoms with Crippen LogP contribution in [0.25, 0.3) is 0 Å². The Morgan fingerprint density at radius 2 is 2.53 bits per heavy atom. The molecule has 0 spiro atoms. The third kappa shape index (κ3) is 2.33. The zero-order valence-electron chi connectivity index (χ0n) is 7.97. The van der Waals surface area contributed by atoms with E-state index in [2.05, 4.69) is 10.1 Å². The van der Waals surface area contributed by atoms with E-state index >= 15 is 0 Å². The van der Waals surface area contributed by atoms with Crippen molar-refractivity contribution in [2.24, 2.45) is 5.16 Å². The molecule has 2 rings (SSSR count). The number of thiazole rings is 1. The minimum Gasteiger partial charge on any atom is -0.392 e. The molecule has 1 saturated carbocycles. The van der Waals surface area contributed by atoms with Gasteiger partial charge in [-0.2, -0.15) is 0 Å². The van der Waals surface area contributed by atoms with E-state index in [9.17, 15) is 4.79 Å². The lowest BCUT2D eigenvalue weighted by Crippen LogP contribution is -2.20. The van der Waals surface area contributed by atoms with Crippen molar-refractivity contribution in [2.45, 2.75) is 25.4 Å². The molecule has 0 atom stereocenters. The lowest BCUT2D eigenvalue weighted by atomic mass is 9.97. The van der Waals surface area contributed by atoms with Gasteiger partial charge in [0.2, 0.25) is 0 Å². The van der Waals surface area contributed by atoms with Crippen molar-refractivity contribution in [1.82, 2.24) is 4.98 Å². The molecule has 5 nitrogen and oxygen atoms in total. The average Bonchev–Trinajstić information content (AvgIpc) is 2.56. The zero-order valence-corrected chi connectivity index (χ0v) is 8.79. The van der Waals surface area contributed by atoms with Crippen molar-refractivity contribution in [3.05, 3.63) is 11.1 Å². The van der Waals surface area contributed by atoms with E-state index in [0.717, 1.165) is 19.3 Å². The highest BCUT2D eigenvalue weighted by molar-refractivity contribution is 7.13. The first-order valence-corrected chi connectivity index (χ1v) is 5.51. The molecule has 0 bridgehead atoms. The molecular weight excluding hydrogens is 214 g/mol. The summed E-state index contributed by atoms with van der Waals surface area (Å²) in [6.45, 7) is 0. The first-order chi connectivity index (χ1) is 7.29. The number of carbonyl (C=O) groups excluding carboxylic acids is 1. The maximum Gasteiger partial charge on any atom is 0.259 e. The fourth-order valence-electron chi connectivity index (χ4n) is 1.12. The van der Waals surface area contributed by atoms with Gasteiger partial charge in [-0.15, -0.1) is 11.3 Å². The van der Waals surface area contributed by atoms with Crippen LogP contribution in [0.5, 0.6) is 0 Å². The third-order valence-corrected chi connectivity index (χ3v) is 2.88. The van der Waals surface area contributed by atoms with Crippen LogP contribution in [0.4, 0.5) is 5.13 Å². The summed E-state index contributed by atoms with van der Waals surface area (Å²) in [5.41, 5.74) is 5.95. The van der Waals surface area contributed by atoms with E-state index in [4.69, 9.17) is 10.6 Å². The van der Waals surface area contributed by atoms with E-state index in [-0.39, 0.29) is 11.8 Å². The van der Waals surface area contributed by atoms with Crippen molar-refractivity contribution < 1.29 is 9.63 Å². The van der Waals surface area contributed by atoms with Gasteiger partial charge in [0.25, 0.3) is 6.29 Å². The molecule has 0 aliphatic heterocycles. The Morgan fingerprint density at radius 1 is 1.73 bits per heavy atom. The highest BCUT2D eigenvalue weighted by Gasteiger charge is 2.19. The average molecular weight is 224 g/mol. The fourth-order valence-corrected chi connectivity index (χ4v) is 1.67. The van der Waals surface area contributed by atoms with Gasteiger partial charge >= 0.3 is 0 Å². The van der Waals surface area contributed by atoms with Crippen molar-refractivity contribution >= 4 is 28.5 Å². The molecule has 1 aromatic heterocycles. The summed E-state index contributed by atoms with van der Waals surface area (Å²) in [7, 11) is 0. The number of anilines is 1. The van der Waals surface area contributed by atoms with E-state index in [1.54, 1.807) is 11.7 Å². The molecule has 1 aliphatic carbocycles. The molecule has 1 heterocycles. The first-order valence-electron chi connectivity index (χ1n) is 4.63. The van der Waals surface area contributed by atoms with Gasteiger partial charge in [0.15, 0.2) is 10.8 Å². The Bertz CT molecular complexity index is 384. The molecule has 15 heavy (non-hydrogen) atoms. The van der Waals surface area contributed by atoms with Crippen LogP contribution in [0.2, 0.25) is 0 Å². The van der Waals surface area contributed by atoms with Crippen LogP contribution in [0.15, 0.2) is 10.5 Å². The van der Waals surface area contributed by atoms with E-state index in [1.165, 1.54) is 11.3 Å². The van der Waals surface area contributed by atoms with Gasteiger partial charge in [-0.25, -0.2) is 4.98 Å². The molecule has 1 aromatic rings. The minimum atomic E-state index is 0.0786. The predicted molar refractivity (Wildman–Crippen MR) is 57.5 cm³/mol. The standard InChI is InChI=1S/C9H10N3O2S/c10-9-11-8(5-15-9)7(4-13)12-14-6-2-1-3-6/h5-6H,1-3H2,(H2,10,11). The fraction of sp³-hybridized carbons (Fsp3) is 0.444. The van der Waals surface area contributed by atoms with Crippen molar-refractivity contribution in [3.8, 4) is 0 Å². The monoisotopic (exact) mass is 224 g/mol. The maximum absolute atomic E-state index is 10.6. The second-order valence-corrected chi connectivity index (χ2v) is 4.16. The number of hydrogen-bond acceptors (Lipinski definition) is 6. The van der Waals surface area contributed by atoms with Gasteiger partial charge in [-0.3, -0.25) is 4.79 Å². The Morgan fingerprint density at radius 3 is 3.00 bits per heavy atom. The summed E-state index contributed by atoms with van der Waals surface area (Å²) in [6.07, 6.45) is 4.99. The van der Waals surface area contributed by atoms with E-state index in [1.807, 2.05) is 0 Å². The summed E-state index contributed by atoms with van der Waals surface area (Å²) >= 11 is 1.25. The Labute approximate surface area is 90.9 Å². The van der Waals surface area contributed by atoms with Gasteiger partial charge in [-0.1, -0.05) is 5.16 Å². The highest BCUT2D eigenvalue weighted by atomic mass is 32.1. The predicted octanol–water partition coefficient (Wildman–Crippen LogP) is 1.11. The number of hydrogen-bond donors (Lipinski definition) is 1. The summed E-state index contributed by atoms with van der Waals surface area (Å²) in [5, 5.41) is 5.79. The molecule has 0 aromatic carbocycles. The molecule has 2 N–H and O–H groups in total. The molecule has 0 amide bonds. The van der Waals surface area contributed by atoms with Crippen molar-refractivity contribution in [3.63, 3.8) is 0 Å². The van der Waals surface area contributed by atoms with Gasteiger partial charge in [0, 0.05) is 5.38 Å². The second-order valence-electron chi connectivity index (χ2n) is 3.27. The summed E-state index contributed by atoms with van der Waals surface area (Å²) in [4.78, 5) is 19.7. The van der Waals surface area contributed by atoms with Crippen LogP contribution < -0.4 is 5.73 Å². The third-order valence-electron chi connectivity index (χ3n) is 2.21. The van der Waals surface area contributed by atoms with Crippen LogP contribution in [-0.2, 0) is 9.63 Å². The topological polar surface area (TPSA) is 77.6 Å². The lowest BCUT2D eigenvalue weighted by molar-refractivity contribution is 0.00644. The Hall–Kier alpha value is -1.43. The number of aromatic nitrogens is 1. The molecule has 1 aliphatic rings. The van der Waals surface area contributed by atoms with Crippen LogP contribution in [0, 0.1) is 0 Å². The highest BCUT2D eigenvalue weighted by Crippen LogP contribution is 2.22. The maximum atomic E-state index is 10.6. The molecule has 1 radical (unpaired) electrons. The summed E-state index contributed by atoms with van der Waals surface area (Å²) < 4.78 is 0. The zero-order chi connectivity index (χ0) is 10.7. The van der Waals surface area contributed by atoms with Crippen molar-refractivity contribution in [2.75, 3.05) is 5.73 Å². The quantitative estimate of drug-likeness (QED) is 0.613. The number of nitrogens with two attached hydrogens (primary N) is 1. The van der Waals surface area contributed by atoms with Gasteiger partial charge in [-0.05, 0) is 19.3 Å². The van der Waals surface area contributed by atoms with Crippen LogP contribution in [-0.4, -0.2) is 23.1 Å². The molecule has 1 fully saturated rings. The normalized spacial score (nSPS) is 17.2. The van der Waals surface area contributed by atoms with Crippen LogP contribution in [0.3, 0.4) is 0 Å². The van der Waals surface area contributed by atoms with Crippen LogP contribution >= 0.6 is 11.3 Å². The number of rotatable bonds is 4. The molecule has 0 saturated heterocycles. The first kappa shape index (κ1) is 10.1. The second kappa shape index (κ2) is 4.39. The van der Waals surface area contributed by atoms with Gasteiger partial charge < -0.3 is 10.6 Å². The molecule has 0 unspecified atom stereocenters. The number of oxime groups is 1. The number of nitrogens with zero attached hydrogens (tertiary/aromatic N) is 2. The van der Waals surface area contributed by atoms with E-state index < -0.39 is 0 Å². The van der Waals surface area contributed by atoms with Crippen molar-refractivity contribution in [1.29, 1.82) is 0 Å². The SMILES string of the molecule is Nc1nc(C([C]=O)=NOC2CCC2)cs1. The largest absolute Gasteiger partial charge is 0.392 e. The Balaban J connectivity index is 2.05. The smallest absolute Gasteiger partial charge is 0.259 e. The summed E-state index contributed by atoms with van der Waals surface area (Å²) in [5.74, 6) is 0. The molecule has 6 heteroatoms. The van der Waals surface area contributed by atoms with Gasteiger partial charge in [0.05, 0.1) is 0 Å².